The Balaban J connectivity index is 0.00000300. The number of nitrogens with one attached hydrogen (secondary N) is 2. The Kier molecular flexibility index (Phi) is 9.93. The number of H-pyrrole nitrogens is 1. The maximum atomic E-state index is 4.53. The molecule has 2 N–H and O–H groups in total. The van der Waals surface area contributed by atoms with Crippen molar-refractivity contribution >= 4 is 29.9 Å². The molecule has 160 valence electrons. The number of guanidine groups is 1. The molecule has 0 unspecified atom stereocenters. The summed E-state index contributed by atoms with van der Waals surface area (Å²) in [7, 11) is 3.90. The number of hydrogen-bond acceptors (Lipinski definition) is 3. The number of rotatable bonds is 7. The van der Waals surface area contributed by atoms with Gasteiger partial charge in [-0.3, -0.25) is 4.99 Å². The van der Waals surface area contributed by atoms with E-state index in [1.807, 2.05) is 31.4 Å². The molecule has 0 bridgehead atoms. The summed E-state index contributed by atoms with van der Waals surface area (Å²) in [6, 6.07) is 10.3. The first-order chi connectivity index (χ1) is 13.7. The third-order valence-electron chi connectivity index (χ3n) is 5.66. The molecule has 1 aromatic heterocycles. The van der Waals surface area contributed by atoms with E-state index in [0.717, 1.165) is 35.5 Å². The lowest BCUT2D eigenvalue weighted by molar-refractivity contribution is 0.187. The van der Waals surface area contributed by atoms with E-state index < -0.39 is 0 Å². The summed E-state index contributed by atoms with van der Waals surface area (Å²) >= 11 is 0. The van der Waals surface area contributed by atoms with Gasteiger partial charge in [-0.25, -0.2) is 4.98 Å². The molecule has 0 saturated carbocycles. The first-order valence-corrected chi connectivity index (χ1v) is 10.4. The number of imidazole rings is 1. The lowest BCUT2D eigenvalue weighted by atomic mass is 9.93. The Labute approximate surface area is 192 Å². The normalized spacial score (nSPS) is 15.8. The van der Waals surface area contributed by atoms with Gasteiger partial charge in [0.1, 0.15) is 5.82 Å². The van der Waals surface area contributed by atoms with Gasteiger partial charge in [0.15, 0.2) is 5.96 Å². The molecule has 0 aliphatic carbocycles. The van der Waals surface area contributed by atoms with Crippen molar-refractivity contribution in [1.29, 1.82) is 0 Å². The van der Waals surface area contributed by atoms with Crippen molar-refractivity contribution in [3.05, 3.63) is 42.4 Å². The summed E-state index contributed by atoms with van der Waals surface area (Å²) in [5, 5.41) is 3.52. The van der Waals surface area contributed by atoms with Gasteiger partial charge in [0.2, 0.25) is 0 Å². The van der Waals surface area contributed by atoms with Crippen LogP contribution in [0.15, 0.2) is 41.5 Å². The summed E-state index contributed by atoms with van der Waals surface area (Å²) in [4.78, 5) is 17.1. The molecule has 0 amide bonds. The van der Waals surface area contributed by atoms with Crippen molar-refractivity contribution in [2.24, 2.45) is 10.9 Å². The minimum absolute atomic E-state index is 0. The SMILES string of the molecule is CCN1CCC(CCNC(=NC)N(C)Cc2ncc(-c3ccccc3)[nH]2)CC1.I. The van der Waals surface area contributed by atoms with E-state index in [9.17, 15) is 0 Å². The summed E-state index contributed by atoms with van der Waals surface area (Å²) in [6.07, 6.45) is 5.75. The zero-order valence-corrected chi connectivity index (χ0v) is 20.2. The van der Waals surface area contributed by atoms with Crippen LogP contribution in [0.25, 0.3) is 11.3 Å². The molecule has 6 nitrogen and oxygen atoms in total. The lowest BCUT2D eigenvalue weighted by Crippen LogP contribution is -2.40. The molecule has 0 spiro atoms. The number of benzene rings is 1. The van der Waals surface area contributed by atoms with Crippen LogP contribution in [0.3, 0.4) is 0 Å². The number of halogens is 1. The minimum atomic E-state index is 0. The number of aromatic nitrogens is 2. The Morgan fingerprint density at radius 1 is 1.28 bits per heavy atom. The summed E-state index contributed by atoms with van der Waals surface area (Å²) in [6.45, 7) is 7.60. The second-order valence-electron chi connectivity index (χ2n) is 7.61. The van der Waals surface area contributed by atoms with Crippen LogP contribution in [0.5, 0.6) is 0 Å². The fourth-order valence-corrected chi connectivity index (χ4v) is 3.87. The van der Waals surface area contributed by atoms with Crippen molar-refractivity contribution in [1.82, 2.24) is 25.1 Å². The quantitative estimate of drug-likeness (QED) is 0.338. The molecule has 2 heterocycles. The second kappa shape index (κ2) is 12.2. The molecular formula is C22H35IN6. The van der Waals surface area contributed by atoms with Crippen LogP contribution in [-0.4, -0.2) is 66.0 Å². The van der Waals surface area contributed by atoms with E-state index in [0.29, 0.717) is 6.54 Å². The third-order valence-corrected chi connectivity index (χ3v) is 5.66. The molecule has 1 saturated heterocycles. The van der Waals surface area contributed by atoms with Gasteiger partial charge in [0.05, 0.1) is 18.4 Å². The van der Waals surface area contributed by atoms with E-state index in [-0.39, 0.29) is 24.0 Å². The maximum absolute atomic E-state index is 4.53. The van der Waals surface area contributed by atoms with E-state index in [4.69, 9.17) is 0 Å². The molecule has 0 radical (unpaired) electrons. The number of nitrogens with zero attached hydrogens (tertiary/aromatic N) is 4. The molecule has 7 heteroatoms. The first-order valence-electron chi connectivity index (χ1n) is 10.4. The van der Waals surface area contributed by atoms with Crippen LogP contribution in [0.2, 0.25) is 0 Å². The Morgan fingerprint density at radius 2 is 2.00 bits per heavy atom. The standard InChI is InChI=1S/C22H34N6.HI/c1-4-28-14-11-18(12-15-28)10-13-24-22(23-2)27(3)17-21-25-16-20(26-21)19-8-6-5-7-9-19;/h5-9,16,18H,4,10-15,17H2,1-3H3,(H,23,24)(H,25,26);1H. The Morgan fingerprint density at radius 3 is 2.66 bits per heavy atom. The highest BCUT2D eigenvalue weighted by Gasteiger charge is 2.18. The molecule has 1 aromatic carbocycles. The van der Waals surface area contributed by atoms with Gasteiger partial charge in [-0.05, 0) is 50.4 Å². The minimum Gasteiger partial charge on any atom is -0.356 e. The largest absolute Gasteiger partial charge is 0.356 e. The van der Waals surface area contributed by atoms with Gasteiger partial charge >= 0.3 is 0 Å². The molecule has 0 atom stereocenters. The molecule has 29 heavy (non-hydrogen) atoms. The van der Waals surface area contributed by atoms with Gasteiger partial charge in [-0.1, -0.05) is 37.3 Å². The van der Waals surface area contributed by atoms with Gasteiger partial charge in [0, 0.05) is 20.6 Å². The molecule has 3 rings (SSSR count). The van der Waals surface area contributed by atoms with Crippen molar-refractivity contribution < 1.29 is 0 Å². The summed E-state index contributed by atoms with van der Waals surface area (Å²) in [5.41, 5.74) is 2.20. The van der Waals surface area contributed by atoms with Gasteiger partial charge in [-0.2, -0.15) is 0 Å². The van der Waals surface area contributed by atoms with Crippen LogP contribution in [0.4, 0.5) is 0 Å². The van der Waals surface area contributed by atoms with Crippen LogP contribution in [0.1, 0.15) is 32.0 Å². The fraction of sp³-hybridized carbons (Fsp3) is 0.545. The van der Waals surface area contributed by atoms with Crippen molar-refractivity contribution in [3.63, 3.8) is 0 Å². The highest BCUT2D eigenvalue weighted by atomic mass is 127. The molecule has 1 fully saturated rings. The highest BCUT2D eigenvalue weighted by molar-refractivity contribution is 14.0. The highest BCUT2D eigenvalue weighted by Crippen LogP contribution is 2.20. The lowest BCUT2D eigenvalue weighted by Gasteiger charge is -2.31. The molecule has 1 aliphatic rings. The molecule has 2 aromatic rings. The summed E-state index contributed by atoms with van der Waals surface area (Å²) in [5.74, 6) is 2.69. The Hall–Kier alpha value is -1.61. The zero-order valence-electron chi connectivity index (χ0n) is 17.9. The Bertz CT molecular complexity index is 737. The van der Waals surface area contributed by atoms with Crippen molar-refractivity contribution in [2.45, 2.75) is 32.7 Å². The first kappa shape index (κ1) is 23.7. The van der Waals surface area contributed by atoms with Crippen LogP contribution >= 0.6 is 24.0 Å². The number of piperidine rings is 1. The van der Waals surface area contributed by atoms with Crippen molar-refractivity contribution in [3.8, 4) is 11.3 Å². The van der Waals surface area contributed by atoms with Crippen LogP contribution < -0.4 is 5.32 Å². The topological polar surface area (TPSA) is 59.5 Å². The average Bonchev–Trinajstić information content (AvgIpc) is 3.20. The molecule has 1 aliphatic heterocycles. The number of aromatic amines is 1. The monoisotopic (exact) mass is 510 g/mol. The van der Waals surface area contributed by atoms with Gasteiger partial charge in [-0.15, -0.1) is 24.0 Å². The zero-order chi connectivity index (χ0) is 19.8. The number of aliphatic imine (C=N–C) groups is 1. The fourth-order valence-electron chi connectivity index (χ4n) is 3.87. The number of hydrogen-bond donors (Lipinski definition) is 2. The van der Waals surface area contributed by atoms with E-state index in [1.165, 1.54) is 38.9 Å². The van der Waals surface area contributed by atoms with Crippen molar-refractivity contribution in [2.75, 3.05) is 40.3 Å². The average molecular weight is 510 g/mol. The molecular weight excluding hydrogens is 475 g/mol. The van der Waals surface area contributed by atoms with Gasteiger partial charge < -0.3 is 20.1 Å². The van der Waals surface area contributed by atoms with E-state index in [2.05, 4.69) is 56.2 Å². The second-order valence-corrected chi connectivity index (χ2v) is 7.61. The predicted octanol–water partition coefficient (Wildman–Crippen LogP) is 3.82. The third kappa shape index (κ3) is 6.99. The summed E-state index contributed by atoms with van der Waals surface area (Å²) < 4.78 is 0. The maximum Gasteiger partial charge on any atom is 0.193 e. The number of likely N-dealkylation sites (tertiary alicyclic amines) is 1. The smallest absolute Gasteiger partial charge is 0.193 e. The van der Waals surface area contributed by atoms with Gasteiger partial charge in [0.25, 0.3) is 0 Å². The predicted molar refractivity (Wildman–Crippen MR) is 132 cm³/mol. The van der Waals surface area contributed by atoms with Crippen LogP contribution in [0, 0.1) is 5.92 Å². The van der Waals surface area contributed by atoms with Crippen LogP contribution in [-0.2, 0) is 6.54 Å². The van der Waals surface area contributed by atoms with E-state index >= 15 is 0 Å². The van der Waals surface area contributed by atoms with E-state index in [1.54, 1.807) is 0 Å².